The lowest BCUT2D eigenvalue weighted by Gasteiger charge is -2.25. The maximum atomic E-state index is 14.0. The normalized spacial score (nSPS) is 15.4. The summed E-state index contributed by atoms with van der Waals surface area (Å²) >= 11 is 0. The zero-order chi connectivity index (χ0) is 23.6. The molecule has 0 bridgehead atoms. The molecule has 0 N–H and O–H groups in total. The summed E-state index contributed by atoms with van der Waals surface area (Å²) in [7, 11) is 2.99. The first-order chi connectivity index (χ1) is 16.0. The fourth-order valence-electron chi connectivity index (χ4n) is 3.62. The molecule has 176 valence electrons. The van der Waals surface area contributed by atoms with Crippen molar-refractivity contribution in [2.45, 2.75) is 25.5 Å². The number of hydrogen-bond donors (Lipinski definition) is 0. The Labute approximate surface area is 194 Å². The van der Waals surface area contributed by atoms with E-state index in [2.05, 4.69) is 6.58 Å². The number of carbonyl (C=O) groups is 1. The number of rotatable bonds is 11. The molecule has 2 aromatic carbocycles. The molecule has 0 saturated carbocycles. The largest absolute Gasteiger partial charge is 0.494 e. The fraction of sp³-hybridized carbons (Fsp3) is 0.346. The van der Waals surface area contributed by atoms with Crippen LogP contribution in [-0.4, -0.2) is 50.9 Å². The van der Waals surface area contributed by atoms with Crippen LogP contribution in [0.2, 0.25) is 0 Å². The molecule has 3 rings (SSSR count). The third kappa shape index (κ3) is 6.83. The second-order valence-corrected chi connectivity index (χ2v) is 7.67. The highest BCUT2D eigenvalue weighted by Crippen LogP contribution is 2.29. The van der Waals surface area contributed by atoms with Crippen LogP contribution >= 0.6 is 0 Å². The minimum absolute atomic E-state index is 0.00197. The summed E-state index contributed by atoms with van der Waals surface area (Å²) < 4.78 is 35.7. The van der Waals surface area contributed by atoms with E-state index in [9.17, 15) is 9.18 Å². The Hall–Kier alpha value is -3.32. The van der Waals surface area contributed by atoms with Crippen LogP contribution in [0.4, 0.5) is 4.39 Å². The molecule has 1 heterocycles. The van der Waals surface area contributed by atoms with Gasteiger partial charge in [0, 0.05) is 25.8 Å². The molecule has 0 spiro atoms. The molecule has 1 fully saturated rings. The molecule has 33 heavy (non-hydrogen) atoms. The highest BCUT2D eigenvalue weighted by Gasteiger charge is 2.22. The quantitative estimate of drug-likeness (QED) is 0.365. The first kappa shape index (κ1) is 24.3. The SMILES string of the molecule is C=CCOc1ccc(CN(CC2CCCO2)C(=O)/C=C/c2ccc(OC)c(F)c2)cc1OC. The number of halogens is 1. The van der Waals surface area contributed by atoms with Crippen molar-refractivity contribution in [1.82, 2.24) is 4.90 Å². The van der Waals surface area contributed by atoms with Crippen molar-refractivity contribution in [3.8, 4) is 17.2 Å². The van der Waals surface area contributed by atoms with Gasteiger partial charge in [-0.15, -0.1) is 0 Å². The molecular weight excluding hydrogens is 425 g/mol. The van der Waals surface area contributed by atoms with E-state index in [1.54, 1.807) is 30.2 Å². The average molecular weight is 456 g/mol. The Morgan fingerprint density at radius 3 is 2.64 bits per heavy atom. The van der Waals surface area contributed by atoms with Crippen LogP contribution in [0.3, 0.4) is 0 Å². The van der Waals surface area contributed by atoms with Crippen molar-refractivity contribution < 1.29 is 28.1 Å². The number of hydrogen-bond acceptors (Lipinski definition) is 5. The Balaban J connectivity index is 1.77. The van der Waals surface area contributed by atoms with Crippen LogP contribution < -0.4 is 14.2 Å². The lowest BCUT2D eigenvalue weighted by Crippen LogP contribution is -2.35. The van der Waals surface area contributed by atoms with E-state index in [0.29, 0.717) is 43.4 Å². The van der Waals surface area contributed by atoms with Crippen molar-refractivity contribution in [1.29, 1.82) is 0 Å². The standard InChI is InChI=1S/C26H30FNO5/c1-4-13-33-24-11-8-20(16-25(24)31-3)17-28(18-21-6-5-14-32-21)26(29)12-9-19-7-10-23(30-2)22(27)15-19/h4,7-12,15-16,21H,1,5-6,13-14,17-18H2,2-3H3/b12-9+. The Morgan fingerprint density at radius 1 is 1.18 bits per heavy atom. The van der Waals surface area contributed by atoms with E-state index in [1.807, 2.05) is 18.2 Å². The topological polar surface area (TPSA) is 57.2 Å². The highest BCUT2D eigenvalue weighted by molar-refractivity contribution is 5.91. The van der Waals surface area contributed by atoms with Crippen LogP contribution in [0, 0.1) is 5.82 Å². The molecule has 0 radical (unpaired) electrons. The van der Waals surface area contributed by atoms with Crippen molar-refractivity contribution >= 4 is 12.0 Å². The van der Waals surface area contributed by atoms with Gasteiger partial charge in [-0.3, -0.25) is 4.79 Å². The van der Waals surface area contributed by atoms with Crippen molar-refractivity contribution in [3.63, 3.8) is 0 Å². The van der Waals surface area contributed by atoms with E-state index in [0.717, 1.165) is 18.4 Å². The number of carbonyl (C=O) groups excluding carboxylic acids is 1. The average Bonchev–Trinajstić information content (AvgIpc) is 3.34. The number of benzene rings is 2. The first-order valence-electron chi connectivity index (χ1n) is 10.9. The summed E-state index contributed by atoms with van der Waals surface area (Å²) in [5, 5.41) is 0. The minimum Gasteiger partial charge on any atom is -0.494 e. The van der Waals surface area contributed by atoms with Crippen LogP contribution in [0.15, 0.2) is 55.1 Å². The summed E-state index contributed by atoms with van der Waals surface area (Å²) in [6.45, 7) is 5.57. The monoisotopic (exact) mass is 455 g/mol. The highest BCUT2D eigenvalue weighted by atomic mass is 19.1. The van der Waals surface area contributed by atoms with Gasteiger partial charge in [-0.25, -0.2) is 4.39 Å². The van der Waals surface area contributed by atoms with Crippen molar-refractivity contribution in [2.24, 2.45) is 0 Å². The molecule has 1 amide bonds. The van der Waals surface area contributed by atoms with E-state index in [-0.39, 0.29) is 17.8 Å². The van der Waals surface area contributed by atoms with E-state index in [1.165, 1.54) is 25.3 Å². The van der Waals surface area contributed by atoms with Crippen LogP contribution in [-0.2, 0) is 16.1 Å². The van der Waals surface area contributed by atoms with Gasteiger partial charge >= 0.3 is 0 Å². The second-order valence-electron chi connectivity index (χ2n) is 7.67. The Bertz CT molecular complexity index is 985. The van der Waals surface area contributed by atoms with Crippen LogP contribution in [0.25, 0.3) is 6.08 Å². The minimum atomic E-state index is -0.478. The number of nitrogens with zero attached hydrogens (tertiary/aromatic N) is 1. The number of methoxy groups -OCH3 is 2. The Morgan fingerprint density at radius 2 is 1.97 bits per heavy atom. The third-order valence-electron chi connectivity index (χ3n) is 5.31. The molecule has 2 aromatic rings. The smallest absolute Gasteiger partial charge is 0.246 e. The lowest BCUT2D eigenvalue weighted by atomic mass is 10.1. The summed E-state index contributed by atoms with van der Waals surface area (Å²) in [5.41, 5.74) is 1.47. The molecule has 1 aliphatic heterocycles. The maximum Gasteiger partial charge on any atom is 0.246 e. The molecule has 1 aliphatic rings. The molecule has 0 aliphatic carbocycles. The number of ether oxygens (including phenoxy) is 4. The summed E-state index contributed by atoms with van der Waals surface area (Å²) in [4.78, 5) is 14.8. The molecule has 7 heteroatoms. The van der Waals surface area contributed by atoms with Crippen molar-refractivity contribution in [3.05, 3.63) is 72.1 Å². The van der Waals surface area contributed by atoms with E-state index < -0.39 is 5.82 Å². The summed E-state index contributed by atoms with van der Waals surface area (Å²) in [5.74, 6) is 0.692. The van der Waals surface area contributed by atoms with Gasteiger partial charge < -0.3 is 23.8 Å². The molecule has 0 aromatic heterocycles. The Kier molecular flexibility index (Phi) is 8.89. The second kappa shape index (κ2) is 12.1. The van der Waals surface area contributed by atoms with Gasteiger partial charge in [0.2, 0.25) is 5.91 Å². The van der Waals surface area contributed by atoms with Gasteiger partial charge in [-0.2, -0.15) is 0 Å². The van der Waals surface area contributed by atoms with Gasteiger partial charge in [0.15, 0.2) is 23.1 Å². The zero-order valence-electron chi connectivity index (χ0n) is 19.1. The van der Waals surface area contributed by atoms with E-state index >= 15 is 0 Å². The van der Waals surface area contributed by atoms with Gasteiger partial charge in [0.05, 0.1) is 20.3 Å². The predicted molar refractivity (Wildman–Crippen MR) is 125 cm³/mol. The summed E-state index contributed by atoms with van der Waals surface area (Å²) in [6, 6.07) is 10.1. The van der Waals surface area contributed by atoms with E-state index in [4.69, 9.17) is 18.9 Å². The predicted octanol–water partition coefficient (Wildman–Crippen LogP) is 4.63. The van der Waals surface area contributed by atoms with Gasteiger partial charge in [0.25, 0.3) is 0 Å². The molecular formula is C26H30FNO5. The fourth-order valence-corrected chi connectivity index (χ4v) is 3.62. The molecule has 1 atom stereocenters. The third-order valence-corrected chi connectivity index (χ3v) is 5.31. The van der Waals surface area contributed by atoms with Crippen LogP contribution in [0.5, 0.6) is 17.2 Å². The molecule has 6 nitrogen and oxygen atoms in total. The first-order valence-corrected chi connectivity index (χ1v) is 10.9. The zero-order valence-corrected chi connectivity index (χ0v) is 19.1. The van der Waals surface area contributed by atoms with Gasteiger partial charge in [-0.05, 0) is 54.3 Å². The molecule has 1 saturated heterocycles. The summed E-state index contributed by atoms with van der Waals surface area (Å²) in [6.07, 6.45) is 6.61. The van der Waals surface area contributed by atoms with Gasteiger partial charge in [-0.1, -0.05) is 24.8 Å². The number of amides is 1. The van der Waals surface area contributed by atoms with Crippen molar-refractivity contribution in [2.75, 3.05) is 34.0 Å². The lowest BCUT2D eigenvalue weighted by molar-refractivity contribution is -0.128. The molecule has 1 unspecified atom stereocenters. The van der Waals surface area contributed by atoms with Crippen LogP contribution in [0.1, 0.15) is 24.0 Å². The van der Waals surface area contributed by atoms with Gasteiger partial charge in [0.1, 0.15) is 6.61 Å². The maximum absolute atomic E-state index is 14.0.